The van der Waals surface area contributed by atoms with Crippen LogP contribution in [0.4, 0.5) is 0 Å². The summed E-state index contributed by atoms with van der Waals surface area (Å²) in [5.41, 5.74) is 1.42. The number of rotatable bonds is 8. The summed E-state index contributed by atoms with van der Waals surface area (Å²) in [6, 6.07) is 11.5. The molecule has 0 radical (unpaired) electrons. The van der Waals surface area contributed by atoms with Crippen molar-refractivity contribution >= 4 is 5.96 Å². The highest BCUT2D eigenvalue weighted by molar-refractivity contribution is 5.80. The largest absolute Gasteiger partial charge is 0.357 e. The van der Waals surface area contributed by atoms with E-state index < -0.39 is 0 Å². The summed E-state index contributed by atoms with van der Waals surface area (Å²) in [6.45, 7) is 10.9. The molecule has 2 aliphatic rings. The quantitative estimate of drug-likeness (QED) is 0.430. The fourth-order valence-corrected chi connectivity index (χ4v) is 3.24. The number of nitrogens with zero attached hydrogens (tertiary/aromatic N) is 3. The average molecular weight is 344 g/mol. The lowest BCUT2D eigenvalue weighted by molar-refractivity contribution is 0.127. The van der Waals surface area contributed by atoms with Crippen molar-refractivity contribution in [3.63, 3.8) is 0 Å². The van der Waals surface area contributed by atoms with Crippen molar-refractivity contribution < 1.29 is 0 Å². The highest BCUT2D eigenvalue weighted by Gasteiger charge is 2.22. The molecule has 1 aliphatic heterocycles. The Bertz CT molecular complexity index is 518. The van der Waals surface area contributed by atoms with Crippen molar-refractivity contribution in [3.8, 4) is 0 Å². The van der Waals surface area contributed by atoms with Gasteiger partial charge in [0.05, 0.1) is 0 Å². The van der Waals surface area contributed by atoms with E-state index in [-0.39, 0.29) is 0 Å². The molecule has 25 heavy (non-hydrogen) atoms. The maximum atomic E-state index is 4.71. The topological polar surface area (TPSA) is 42.9 Å². The Morgan fingerprint density at radius 3 is 2.48 bits per heavy atom. The summed E-state index contributed by atoms with van der Waals surface area (Å²) in [7, 11) is 0. The van der Waals surface area contributed by atoms with Gasteiger partial charge in [-0.3, -0.25) is 9.89 Å². The number of guanidine groups is 1. The van der Waals surface area contributed by atoms with Gasteiger partial charge in [-0.15, -0.1) is 0 Å². The van der Waals surface area contributed by atoms with Gasteiger partial charge in [-0.1, -0.05) is 30.3 Å². The first-order valence-electron chi connectivity index (χ1n) is 9.87. The molecule has 0 unspecified atom stereocenters. The number of aliphatic imine (C=N–C) groups is 1. The van der Waals surface area contributed by atoms with Gasteiger partial charge in [0.2, 0.25) is 0 Å². The summed E-state index contributed by atoms with van der Waals surface area (Å²) in [6.07, 6.45) is 3.72. The lowest BCUT2D eigenvalue weighted by Gasteiger charge is -2.34. The molecule has 0 aromatic heterocycles. The van der Waals surface area contributed by atoms with Crippen LogP contribution in [0.2, 0.25) is 0 Å². The minimum Gasteiger partial charge on any atom is -0.357 e. The zero-order chi connectivity index (χ0) is 17.3. The third-order valence-electron chi connectivity index (χ3n) is 4.88. The molecule has 1 aliphatic carbocycles. The number of piperazine rings is 1. The highest BCUT2D eigenvalue weighted by atomic mass is 15.3. The first-order valence-corrected chi connectivity index (χ1v) is 9.87. The molecule has 1 heterocycles. The van der Waals surface area contributed by atoms with Crippen LogP contribution >= 0.6 is 0 Å². The van der Waals surface area contributed by atoms with E-state index in [2.05, 4.69) is 57.7 Å². The fourth-order valence-electron chi connectivity index (χ4n) is 3.24. The minimum atomic E-state index is 0.662. The molecule has 0 bridgehead atoms. The third kappa shape index (κ3) is 6.67. The molecular weight excluding hydrogens is 310 g/mol. The standard InChI is InChI=1S/C20H33N5/c1-2-21-20(23-19-9-10-19)22-11-6-12-24-13-15-25(16-14-24)17-18-7-4-3-5-8-18/h3-5,7-8,19H,2,6,9-17H2,1H3,(H2,21,22,23). The van der Waals surface area contributed by atoms with E-state index >= 15 is 0 Å². The van der Waals surface area contributed by atoms with Crippen LogP contribution in [0.3, 0.4) is 0 Å². The number of nitrogens with one attached hydrogen (secondary N) is 2. The Balaban J connectivity index is 1.30. The molecule has 5 heteroatoms. The van der Waals surface area contributed by atoms with Crippen LogP contribution in [-0.4, -0.2) is 67.6 Å². The van der Waals surface area contributed by atoms with Crippen molar-refractivity contribution in [1.82, 2.24) is 20.4 Å². The van der Waals surface area contributed by atoms with Gasteiger partial charge in [0.15, 0.2) is 5.96 Å². The second-order valence-electron chi connectivity index (χ2n) is 7.14. The number of benzene rings is 1. The van der Waals surface area contributed by atoms with E-state index in [1.807, 2.05) is 0 Å². The zero-order valence-electron chi connectivity index (χ0n) is 15.6. The SMILES string of the molecule is CCNC(=NCCCN1CCN(Cc2ccccc2)CC1)NC1CC1. The van der Waals surface area contributed by atoms with Gasteiger partial charge < -0.3 is 15.5 Å². The second kappa shape index (κ2) is 9.78. The summed E-state index contributed by atoms with van der Waals surface area (Å²) in [4.78, 5) is 9.85. The predicted octanol–water partition coefficient (Wildman–Crippen LogP) is 1.91. The van der Waals surface area contributed by atoms with Gasteiger partial charge in [0, 0.05) is 58.4 Å². The van der Waals surface area contributed by atoms with E-state index in [0.29, 0.717) is 6.04 Å². The zero-order valence-corrected chi connectivity index (χ0v) is 15.6. The molecule has 1 aromatic carbocycles. The van der Waals surface area contributed by atoms with Gasteiger partial charge >= 0.3 is 0 Å². The molecule has 2 fully saturated rings. The lowest BCUT2D eigenvalue weighted by atomic mass is 10.2. The van der Waals surface area contributed by atoms with Crippen LogP contribution < -0.4 is 10.6 Å². The van der Waals surface area contributed by atoms with Crippen LogP contribution in [0.5, 0.6) is 0 Å². The normalized spacial score (nSPS) is 19.8. The molecule has 0 amide bonds. The van der Waals surface area contributed by atoms with E-state index in [1.165, 1.54) is 44.6 Å². The smallest absolute Gasteiger partial charge is 0.191 e. The maximum absolute atomic E-state index is 4.71. The summed E-state index contributed by atoms with van der Waals surface area (Å²) >= 11 is 0. The van der Waals surface area contributed by atoms with Crippen molar-refractivity contribution in [2.45, 2.75) is 38.8 Å². The Morgan fingerprint density at radius 1 is 1.08 bits per heavy atom. The molecular formula is C20H33N5. The molecule has 2 N–H and O–H groups in total. The van der Waals surface area contributed by atoms with Crippen LogP contribution in [0.1, 0.15) is 31.7 Å². The minimum absolute atomic E-state index is 0.662. The van der Waals surface area contributed by atoms with Crippen LogP contribution in [0, 0.1) is 0 Å². The van der Waals surface area contributed by atoms with E-state index in [9.17, 15) is 0 Å². The summed E-state index contributed by atoms with van der Waals surface area (Å²) < 4.78 is 0. The van der Waals surface area contributed by atoms with Crippen LogP contribution in [0.25, 0.3) is 0 Å². The fraction of sp³-hybridized carbons (Fsp3) is 0.650. The molecule has 1 aromatic rings. The molecule has 138 valence electrons. The lowest BCUT2D eigenvalue weighted by Crippen LogP contribution is -2.46. The second-order valence-corrected chi connectivity index (χ2v) is 7.14. The predicted molar refractivity (Wildman–Crippen MR) is 105 cm³/mol. The maximum Gasteiger partial charge on any atom is 0.191 e. The monoisotopic (exact) mass is 343 g/mol. The highest BCUT2D eigenvalue weighted by Crippen LogP contribution is 2.18. The van der Waals surface area contributed by atoms with Gasteiger partial charge in [-0.25, -0.2) is 0 Å². The van der Waals surface area contributed by atoms with E-state index in [4.69, 9.17) is 4.99 Å². The van der Waals surface area contributed by atoms with E-state index in [1.54, 1.807) is 0 Å². The first kappa shape index (κ1) is 18.2. The van der Waals surface area contributed by atoms with Crippen molar-refractivity contribution in [2.24, 2.45) is 4.99 Å². The molecule has 0 atom stereocenters. The molecule has 0 spiro atoms. The van der Waals surface area contributed by atoms with E-state index in [0.717, 1.165) is 38.6 Å². The molecule has 1 saturated carbocycles. The number of hydrogen-bond donors (Lipinski definition) is 2. The average Bonchev–Trinajstić information content (AvgIpc) is 3.45. The molecule has 5 nitrogen and oxygen atoms in total. The summed E-state index contributed by atoms with van der Waals surface area (Å²) in [5.74, 6) is 0.998. The number of hydrogen-bond acceptors (Lipinski definition) is 3. The van der Waals surface area contributed by atoms with Crippen molar-refractivity contribution in [3.05, 3.63) is 35.9 Å². The van der Waals surface area contributed by atoms with Crippen LogP contribution in [-0.2, 0) is 6.54 Å². The van der Waals surface area contributed by atoms with Crippen molar-refractivity contribution in [1.29, 1.82) is 0 Å². The summed E-state index contributed by atoms with van der Waals surface area (Å²) in [5, 5.41) is 6.82. The molecule has 1 saturated heterocycles. The third-order valence-corrected chi connectivity index (χ3v) is 4.88. The Hall–Kier alpha value is -1.59. The van der Waals surface area contributed by atoms with Crippen molar-refractivity contribution in [2.75, 3.05) is 45.8 Å². The molecule has 3 rings (SSSR count). The first-order chi connectivity index (χ1) is 12.3. The van der Waals surface area contributed by atoms with Gasteiger partial charge in [0.25, 0.3) is 0 Å². The Labute approximate surface area is 152 Å². The Morgan fingerprint density at radius 2 is 1.80 bits per heavy atom. The van der Waals surface area contributed by atoms with Gasteiger partial charge in [0.1, 0.15) is 0 Å². The van der Waals surface area contributed by atoms with Crippen LogP contribution in [0.15, 0.2) is 35.3 Å². The van der Waals surface area contributed by atoms with Gasteiger partial charge in [-0.05, 0) is 31.7 Å². The Kier molecular flexibility index (Phi) is 7.12. The van der Waals surface area contributed by atoms with Gasteiger partial charge in [-0.2, -0.15) is 0 Å².